The zero-order valence-corrected chi connectivity index (χ0v) is 15.7. The lowest BCUT2D eigenvalue weighted by atomic mass is 10.0. The first-order chi connectivity index (χ1) is 13.5. The number of ether oxygens (including phenoxy) is 1. The van der Waals surface area contributed by atoms with Gasteiger partial charge in [0.25, 0.3) is 0 Å². The number of halogens is 1. The molecule has 1 atom stereocenters. The molecule has 144 valence electrons. The minimum Gasteiger partial charge on any atom is -0.487 e. The van der Waals surface area contributed by atoms with E-state index in [1.165, 1.54) is 12.1 Å². The van der Waals surface area contributed by atoms with Gasteiger partial charge in [0.1, 0.15) is 23.4 Å². The number of aryl methyl sites for hydroxylation is 2. The zero-order valence-electron chi connectivity index (χ0n) is 15.7. The summed E-state index contributed by atoms with van der Waals surface area (Å²) in [5.41, 5.74) is 3.78. The zero-order chi connectivity index (χ0) is 19.7. The van der Waals surface area contributed by atoms with Crippen molar-refractivity contribution in [3.8, 4) is 16.9 Å². The van der Waals surface area contributed by atoms with E-state index >= 15 is 0 Å². The maximum atomic E-state index is 14.1. The molecule has 1 unspecified atom stereocenters. The van der Waals surface area contributed by atoms with Crippen molar-refractivity contribution in [2.75, 3.05) is 6.54 Å². The summed E-state index contributed by atoms with van der Waals surface area (Å²) < 4.78 is 25.2. The van der Waals surface area contributed by atoms with Crippen LogP contribution in [0.3, 0.4) is 0 Å². The first-order valence-corrected chi connectivity index (χ1v) is 9.09. The number of nitrogens with one attached hydrogen (secondary N) is 1. The molecule has 28 heavy (non-hydrogen) atoms. The Hall–Kier alpha value is -3.22. The number of pyridine rings is 1. The Balaban J connectivity index is 1.43. The molecule has 0 saturated carbocycles. The molecule has 3 aromatic rings. The summed E-state index contributed by atoms with van der Waals surface area (Å²) in [6, 6.07) is 6.60. The maximum absolute atomic E-state index is 14.1. The average Bonchev–Trinajstić information content (AvgIpc) is 3.24. The Morgan fingerprint density at radius 3 is 2.93 bits per heavy atom. The number of carbonyl (C=O) groups is 1. The highest BCUT2D eigenvalue weighted by Gasteiger charge is 2.27. The quantitative estimate of drug-likeness (QED) is 0.735. The fraction of sp³-hybridized carbons (Fsp3) is 0.286. The minimum atomic E-state index is -0.315. The van der Waals surface area contributed by atoms with Crippen molar-refractivity contribution < 1.29 is 18.4 Å². The van der Waals surface area contributed by atoms with Crippen molar-refractivity contribution in [2.24, 2.45) is 0 Å². The van der Waals surface area contributed by atoms with Crippen molar-refractivity contribution >= 4 is 5.91 Å². The number of nitrogens with zero attached hydrogens (tertiary/aromatic N) is 2. The van der Waals surface area contributed by atoms with Gasteiger partial charge in [0.2, 0.25) is 5.91 Å². The number of hydrogen-bond donors (Lipinski definition) is 1. The largest absolute Gasteiger partial charge is 0.487 e. The second-order valence-corrected chi connectivity index (χ2v) is 6.91. The summed E-state index contributed by atoms with van der Waals surface area (Å²) in [6.45, 7) is 3.93. The van der Waals surface area contributed by atoms with Crippen molar-refractivity contribution in [1.29, 1.82) is 0 Å². The van der Waals surface area contributed by atoms with E-state index in [4.69, 9.17) is 9.26 Å². The predicted octanol–water partition coefficient (Wildman–Crippen LogP) is 3.15. The molecule has 0 bridgehead atoms. The Bertz CT molecular complexity index is 998. The van der Waals surface area contributed by atoms with Crippen LogP contribution < -0.4 is 10.1 Å². The molecular weight excluding hydrogens is 361 g/mol. The van der Waals surface area contributed by atoms with E-state index in [2.05, 4.69) is 15.5 Å². The molecule has 1 aliphatic heterocycles. The minimum absolute atomic E-state index is 0.132. The van der Waals surface area contributed by atoms with Gasteiger partial charge in [-0.1, -0.05) is 11.2 Å². The van der Waals surface area contributed by atoms with Gasteiger partial charge in [-0.3, -0.25) is 9.78 Å². The van der Waals surface area contributed by atoms with Gasteiger partial charge in [-0.05, 0) is 32.0 Å². The van der Waals surface area contributed by atoms with Gasteiger partial charge < -0.3 is 14.6 Å². The number of hydrogen-bond acceptors (Lipinski definition) is 5. The van der Waals surface area contributed by atoms with Crippen molar-refractivity contribution in [3.63, 3.8) is 0 Å². The van der Waals surface area contributed by atoms with Crippen LogP contribution in [0, 0.1) is 19.7 Å². The SMILES string of the molecule is Cc1noc(C)c1CC(=O)NCC1Cc2cc(F)cc(-c3cccnc3)c2O1. The molecule has 2 aromatic heterocycles. The first-order valence-electron chi connectivity index (χ1n) is 9.09. The first kappa shape index (κ1) is 18.2. The maximum Gasteiger partial charge on any atom is 0.224 e. The molecule has 0 saturated heterocycles. The van der Waals surface area contributed by atoms with Crippen LogP contribution in [0.1, 0.15) is 22.6 Å². The lowest BCUT2D eigenvalue weighted by Crippen LogP contribution is -2.35. The number of fused-ring (bicyclic) bond motifs is 1. The second kappa shape index (κ2) is 7.42. The van der Waals surface area contributed by atoms with Gasteiger partial charge in [-0.25, -0.2) is 4.39 Å². The van der Waals surface area contributed by atoms with E-state index in [1.54, 1.807) is 25.4 Å². The molecule has 0 spiro atoms. The van der Waals surface area contributed by atoms with Gasteiger partial charge in [0, 0.05) is 41.1 Å². The van der Waals surface area contributed by atoms with Crippen molar-refractivity contribution in [3.05, 3.63) is 65.1 Å². The molecule has 7 heteroatoms. The standard InChI is InChI=1S/C21H20FN3O3/c1-12-18(13(2)28-25-12)9-20(26)24-11-17-7-15-6-16(22)8-19(21(15)27-17)14-4-3-5-23-10-14/h3-6,8,10,17H,7,9,11H2,1-2H3,(H,24,26). The predicted molar refractivity (Wildman–Crippen MR) is 100 cm³/mol. The molecule has 0 fully saturated rings. The highest BCUT2D eigenvalue weighted by atomic mass is 19.1. The fourth-order valence-electron chi connectivity index (χ4n) is 3.45. The molecular formula is C21H20FN3O3. The second-order valence-electron chi connectivity index (χ2n) is 6.91. The highest BCUT2D eigenvalue weighted by Crippen LogP contribution is 2.39. The van der Waals surface area contributed by atoms with Crippen LogP contribution in [0.4, 0.5) is 4.39 Å². The summed E-state index contributed by atoms with van der Waals surface area (Å²) in [6.07, 6.45) is 3.83. The van der Waals surface area contributed by atoms with Crippen LogP contribution in [-0.4, -0.2) is 28.7 Å². The third-order valence-corrected chi connectivity index (χ3v) is 4.88. The topological polar surface area (TPSA) is 77.3 Å². The summed E-state index contributed by atoms with van der Waals surface area (Å²) in [7, 11) is 0. The van der Waals surface area contributed by atoms with Crippen LogP contribution >= 0.6 is 0 Å². The normalized spacial score (nSPS) is 15.2. The summed E-state index contributed by atoms with van der Waals surface area (Å²) in [4.78, 5) is 16.4. The van der Waals surface area contributed by atoms with E-state index in [9.17, 15) is 9.18 Å². The highest BCUT2D eigenvalue weighted by molar-refractivity contribution is 5.79. The molecule has 1 N–H and O–H groups in total. The van der Waals surface area contributed by atoms with Gasteiger partial charge in [0.05, 0.1) is 18.7 Å². The number of rotatable bonds is 5. The molecule has 1 amide bonds. The molecule has 3 heterocycles. The van der Waals surface area contributed by atoms with Crippen LogP contribution in [0.2, 0.25) is 0 Å². The van der Waals surface area contributed by atoms with Gasteiger partial charge >= 0.3 is 0 Å². The Morgan fingerprint density at radius 1 is 1.36 bits per heavy atom. The number of aromatic nitrogens is 2. The lowest BCUT2D eigenvalue weighted by molar-refractivity contribution is -0.120. The Kier molecular flexibility index (Phi) is 4.81. The van der Waals surface area contributed by atoms with Gasteiger partial charge in [-0.2, -0.15) is 0 Å². The third kappa shape index (κ3) is 3.60. The molecule has 6 nitrogen and oxygen atoms in total. The van der Waals surface area contributed by atoms with Gasteiger partial charge in [0.15, 0.2) is 0 Å². The fourth-order valence-corrected chi connectivity index (χ4v) is 3.45. The van der Waals surface area contributed by atoms with Crippen LogP contribution in [-0.2, 0) is 17.6 Å². The molecule has 1 aromatic carbocycles. The van der Waals surface area contributed by atoms with Crippen LogP contribution in [0.25, 0.3) is 11.1 Å². The number of benzene rings is 1. The van der Waals surface area contributed by atoms with E-state index in [0.717, 1.165) is 16.7 Å². The van der Waals surface area contributed by atoms with Crippen LogP contribution in [0.5, 0.6) is 5.75 Å². The summed E-state index contributed by atoms with van der Waals surface area (Å²) in [5.74, 6) is 0.852. The average molecular weight is 381 g/mol. The molecule has 0 aliphatic carbocycles. The monoisotopic (exact) mass is 381 g/mol. The molecule has 0 radical (unpaired) electrons. The summed E-state index contributed by atoms with van der Waals surface area (Å²) >= 11 is 0. The van der Waals surface area contributed by atoms with Crippen LogP contribution in [0.15, 0.2) is 41.2 Å². The van der Waals surface area contributed by atoms with E-state index in [-0.39, 0.29) is 24.2 Å². The van der Waals surface area contributed by atoms with Gasteiger partial charge in [-0.15, -0.1) is 0 Å². The molecule has 4 rings (SSSR count). The van der Waals surface area contributed by atoms with E-state index < -0.39 is 0 Å². The third-order valence-electron chi connectivity index (χ3n) is 4.88. The molecule has 1 aliphatic rings. The Labute approximate surface area is 161 Å². The van der Waals surface area contributed by atoms with Crippen molar-refractivity contribution in [1.82, 2.24) is 15.5 Å². The Morgan fingerprint density at radius 2 is 2.21 bits per heavy atom. The number of carbonyl (C=O) groups excluding carboxylic acids is 1. The van der Waals surface area contributed by atoms with E-state index in [1.807, 2.05) is 13.0 Å². The lowest BCUT2D eigenvalue weighted by Gasteiger charge is -2.13. The summed E-state index contributed by atoms with van der Waals surface area (Å²) in [5, 5.41) is 6.75. The smallest absolute Gasteiger partial charge is 0.224 e. The number of amides is 1. The van der Waals surface area contributed by atoms with E-state index in [0.29, 0.717) is 35.7 Å². The van der Waals surface area contributed by atoms with Crippen molar-refractivity contribution in [2.45, 2.75) is 32.8 Å².